The van der Waals surface area contributed by atoms with Gasteiger partial charge in [-0.25, -0.2) is 9.97 Å². The van der Waals surface area contributed by atoms with Gasteiger partial charge in [0, 0.05) is 6.42 Å². The van der Waals surface area contributed by atoms with Gasteiger partial charge >= 0.3 is 0 Å². The minimum absolute atomic E-state index is 0.440. The Kier molecular flexibility index (Phi) is 5.89. The summed E-state index contributed by atoms with van der Waals surface area (Å²) in [6.07, 6.45) is 1.41. The summed E-state index contributed by atoms with van der Waals surface area (Å²) in [4.78, 5) is 8.92. The number of nitrogens with zero attached hydrogens (tertiary/aromatic N) is 2. The van der Waals surface area contributed by atoms with Gasteiger partial charge in [0.25, 0.3) is 0 Å². The molecule has 0 bridgehead atoms. The van der Waals surface area contributed by atoms with Crippen LogP contribution in [-0.2, 0) is 12.8 Å². The van der Waals surface area contributed by atoms with Crippen molar-refractivity contribution in [2.75, 3.05) is 0 Å². The molecule has 1 heterocycles. The Hall–Kier alpha value is -0.350. The lowest BCUT2D eigenvalue weighted by Crippen LogP contribution is -2.05. The van der Waals surface area contributed by atoms with Crippen LogP contribution in [0.15, 0.2) is 22.7 Å². The SMILES string of the molecule is CC(C)Cc1nc(Cc2ccc(Cl)c(Cl)c2)nc(Cl)c1Br. The molecule has 21 heavy (non-hydrogen) atoms. The van der Waals surface area contributed by atoms with Crippen LogP contribution in [0, 0.1) is 5.92 Å². The first-order valence-electron chi connectivity index (χ1n) is 6.51. The molecule has 0 atom stereocenters. The molecule has 6 heteroatoms. The lowest BCUT2D eigenvalue weighted by atomic mass is 10.1. The topological polar surface area (TPSA) is 25.8 Å². The van der Waals surface area contributed by atoms with Crippen molar-refractivity contribution in [2.24, 2.45) is 5.92 Å². The first-order valence-corrected chi connectivity index (χ1v) is 8.44. The fourth-order valence-electron chi connectivity index (χ4n) is 1.94. The second-order valence-electron chi connectivity index (χ2n) is 5.21. The van der Waals surface area contributed by atoms with Crippen molar-refractivity contribution in [3.63, 3.8) is 0 Å². The zero-order chi connectivity index (χ0) is 15.6. The largest absolute Gasteiger partial charge is 0.236 e. The number of halogens is 4. The highest BCUT2D eigenvalue weighted by Gasteiger charge is 2.13. The highest BCUT2D eigenvalue weighted by atomic mass is 79.9. The van der Waals surface area contributed by atoms with Gasteiger partial charge in [0.1, 0.15) is 11.0 Å². The highest BCUT2D eigenvalue weighted by molar-refractivity contribution is 9.10. The van der Waals surface area contributed by atoms with Gasteiger partial charge in [-0.1, -0.05) is 54.7 Å². The minimum Gasteiger partial charge on any atom is -0.236 e. The van der Waals surface area contributed by atoms with Crippen LogP contribution in [0.4, 0.5) is 0 Å². The van der Waals surface area contributed by atoms with Gasteiger partial charge in [-0.3, -0.25) is 0 Å². The average molecular weight is 409 g/mol. The molecule has 0 N–H and O–H groups in total. The van der Waals surface area contributed by atoms with E-state index in [4.69, 9.17) is 34.8 Å². The van der Waals surface area contributed by atoms with E-state index in [-0.39, 0.29) is 0 Å². The molecule has 1 aromatic carbocycles. The summed E-state index contributed by atoms with van der Waals surface area (Å²) in [5.41, 5.74) is 1.93. The molecule has 0 saturated heterocycles. The van der Waals surface area contributed by atoms with E-state index in [0.717, 1.165) is 22.2 Å². The molecule has 0 spiro atoms. The Morgan fingerprint density at radius 3 is 2.43 bits per heavy atom. The molecule has 0 radical (unpaired) electrons. The van der Waals surface area contributed by atoms with Crippen LogP contribution < -0.4 is 0 Å². The summed E-state index contributed by atoms with van der Waals surface area (Å²) in [5, 5.41) is 1.51. The number of aromatic nitrogens is 2. The molecular weight excluding hydrogens is 394 g/mol. The van der Waals surface area contributed by atoms with Crippen LogP contribution in [0.3, 0.4) is 0 Å². The van der Waals surface area contributed by atoms with Crippen molar-refractivity contribution >= 4 is 50.7 Å². The lowest BCUT2D eigenvalue weighted by Gasteiger charge is -2.10. The fraction of sp³-hybridized carbons (Fsp3) is 0.333. The summed E-state index contributed by atoms with van der Waals surface area (Å²) >= 11 is 21.6. The maximum atomic E-state index is 6.18. The molecule has 1 aromatic heterocycles. The van der Waals surface area contributed by atoms with Crippen molar-refractivity contribution in [3.05, 3.63) is 55.0 Å². The van der Waals surface area contributed by atoms with E-state index < -0.39 is 0 Å². The highest BCUT2D eigenvalue weighted by Crippen LogP contribution is 2.27. The molecule has 0 fully saturated rings. The van der Waals surface area contributed by atoms with E-state index in [1.165, 1.54) is 0 Å². The third-order valence-corrected chi connectivity index (χ3v) is 4.95. The predicted octanol–water partition coefficient (Wildman–Crippen LogP) is 5.99. The summed E-state index contributed by atoms with van der Waals surface area (Å²) < 4.78 is 0.774. The summed E-state index contributed by atoms with van der Waals surface area (Å²) in [5.74, 6) is 1.17. The first-order chi connectivity index (χ1) is 9.86. The standard InChI is InChI=1S/C15H14BrCl3N2/c1-8(2)5-12-14(16)15(19)21-13(20-12)7-9-3-4-10(17)11(18)6-9/h3-4,6,8H,5,7H2,1-2H3. The van der Waals surface area contributed by atoms with Gasteiger partial charge in [-0.2, -0.15) is 0 Å². The number of hydrogen-bond donors (Lipinski definition) is 0. The van der Waals surface area contributed by atoms with E-state index in [1.807, 2.05) is 12.1 Å². The van der Waals surface area contributed by atoms with E-state index in [9.17, 15) is 0 Å². The van der Waals surface area contributed by atoms with Gasteiger partial charge in [0.15, 0.2) is 0 Å². The van der Waals surface area contributed by atoms with Crippen LogP contribution in [0.25, 0.3) is 0 Å². The fourth-order valence-corrected chi connectivity index (χ4v) is 2.81. The number of rotatable bonds is 4. The molecule has 2 aromatic rings. The van der Waals surface area contributed by atoms with Crippen molar-refractivity contribution in [2.45, 2.75) is 26.7 Å². The Morgan fingerprint density at radius 1 is 1.10 bits per heavy atom. The Labute approximate surface area is 148 Å². The molecular formula is C15H14BrCl3N2. The molecule has 0 aliphatic carbocycles. The van der Waals surface area contributed by atoms with Crippen LogP contribution in [-0.4, -0.2) is 9.97 Å². The van der Waals surface area contributed by atoms with Crippen molar-refractivity contribution in [1.82, 2.24) is 9.97 Å². The Bertz CT molecular complexity index is 660. The summed E-state index contributed by atoms with van der Waals surface area (Å²) in [6.45, 7) is 4.28. The molecule has 0 aliphatic rings. The average Bonchev–Trinajstić information content (AvgIpc) is 2.39. The van der Waals surface area contributed by atoms with Gasteiger partial charge in [-0.05, 0) is 46.0 Å². The molecule has 0 amide bonds. The van der Waals surface area contributed by atoms with Crippen LogP contribution >= 0.6 is 50.7 Å². The van der Waals surface area contributed by atoms with E-state index in [1.54, 1.807) is 6.07 Å². The minimum atomic E-state index is 0.440. The summed E-state index contributed by atoms with van der Waals surface area (Å²) in [7, 11) is 0. The van der Waals surface area contributed by atoms with Gasteiger partial charge in [0.05, 0.1) is 20.2 Å². The quantitative estimate of drug-likeness (QED) is 0.581. The molecule has 112 valence electrons. The molecule has 0 aliphatic heterocycles. The summed E-state index contributed by atoms with van der Waals surface area (Å²) in [6, 6.07) is 5.51. The zero-order valence-corrected chi connectivity index (χ0v) is 15.5. The van der Waals surface area contributed by atoms with Crippen LogP contribution in [0.2, 0.25) is 15.2 Å². The monoisotopic (exact) mass is 406 g/mol. The Morgan fingerprint density at radius 2 is 1.81 bits per heavy atom. The number of hydrogen-bond acceptors (Lipinski definition) is 2. The third-order valence-electron chi connectivity index (χ3n) is 2.87. The van der Waals surface area contributed by atoms with Crippen LogP contribution in [0.1, 0.15) is 30.9 Å². The maximum Gasteiger partial charge on any atom is 0.147 e. The normalized spacial score (nSPS) is 11.2. The van der Waals surface area contributed by atoms with Crippen molar-refractivity contribution < 1.29 is 0 Å². The third kappa shape index (κ3) is 4.56. The van der Waals surface area contributed by atoms with Crippen molar-refractivity contribution in [3.8, 4) is 0 Å². The predicted molar refractivity (Wildman–Crippen MR) is 92.6 cm³/mol. The van der Waals surface area contributed by atoms with Gasteiger partial charge in [0.2, 0.25) is 0 Å². The maximum absolute atomic E-state index is 6.18. The second kappa shape index (κ2) is 7.28. The van der Waals surface area contributed by atoms with E-state index in [0.29, 0.717) is 33.4 Å². The number of benzene rings is 1. The van der Waals surface area contributed by atoms with Crippen LogP contribution in [0.5, 0.6) is 0 Å². The van der Waals surface area contributed by atoms with E-state index in [2.05, 4.69) is 39.7 Å². The Balaban J connectivity index is 2.31. The van der Waals surface area contributed by atoms with E-state index >= 15 is 0 Å². The smallest absolute Gasteiger partial charge is 0.147 e. The van der Waals surface area contributed by atoms with Crippen molar-refractivity contribution in [1.29, 1.82) is 0 Å². The molecule has 2 nitrogen and oxygen atoms in total. The van der Waals surface area contributed by atoms with Gasteiger partial charge < -0.3 is 0 Å². The zero-order valence-electron chi connectivity index (χ0n) is 11.6. The molecule has 0 unspecified atom stereocenters. The molecule has 0 saturated carbocycles. The second-order valence-corrected chi connectivity index (χ2v) is 7.18. The van der Waals surface area contributed by atoms with Gasteiger partial charge in [-0.15, -0.1) is 0 Å². The molecule has 2 rings (SSSR count). The first kappa shape index (κ1) is 17.0. The lowest BCUT2D eigenvalue weighted by molar-refractivity contribution is 0.628.